The molecule has 1 aliphatic heterocycles. The van der Waals surface area contributed by atoms with Gasteiger partial charge in [0.05, 0.1) is 6.04 Å². The Bertz CT molecular complexity index is 530. The maximum Gasteiger partial charge on any atom is 0.326 e. The molecule has 0 aliphatic carbocycles. The SMILES string of the molecule is O=C(O)C(CCCc1cccc(F)c1)NC(=O)[C@@H]1CCCN1. The summed E-state index contributed by atoms with van der Waals surface area (Å²) >= 11 is 0. The van der Waals surface area contributed by atoms with Crippen molar-refractivity contribution in [3.05, 3.63) is 35.6 Å². The van der Waals surface area contributed by atoms with E-state index in [1.165, 1.54) is 12.1 Å². The molecular formula is C16H21FN2O3. The van der Waals surface area contributed by atoms with E-state index in [9.17, 15) is 19.1 Å². The number of benzene rings is 1. The summed E-state index contributed by atoms with van der Waals surface area (Å²) in [6, 6.07) is 5.07. The summed E-state index contributed by atoms with van der Waals surface area (Å²) in [4.78, 5) is 23.2. The van der Waals surface area contributed by atoms with Gasteiger partial charge in [-0.25, -0.2) is 9.18 Å². The minimum absolute atomic E-state index is 0.254. The molecular weight excluding hydrogens is 287 g/mol. The van der Waals surface area contributed by atoms with Gasteiger partial charge < -0.3 is 15.7 Å². The van der Waals surface area contributed by atoms with Crippen LogP contribution in [0.3, 0.4) is 0 Å². The van der Waals surface area contributed by atoms with Crippen molar-refractivity contribution in [1.29, 1.82) is 0 Å². The van der Waals surface area contributed by atoms with Crippen LogP contribution >= 0.6 is 0 Å². The second-order valence-corrected chi connectivity index (χ2v) is 5.57. The molecule has 0 aromatic heterocycles. The number of nitrogens with one attached hydrogen (secondary N) is 2. The quantitative estimate of drug-likeness (QED) is 0.713. The van der Waals surface area contributed by atoms with Crippen molar-refractivity contribution < 1.29 is 19.1 Å². The highest BCUT2D eigenvalue weighted by molar-refractivity contribution is 5.87. The van der Waals surface area contributed by atoms with Gasteiger partial charge >= 0.3 is 5.97 Å². The molecule has 5 nitrogen and oxygen atoms in total. The number of amides is 1. The third-order valence-electron chi connectivity index (χ3n) is 3.84. The minimum atomic E-state index is -1.04. The Morgan fingerprint density at radius 1 is 1.45 bits per heavy atom. The molecule has 1 fully saturated rings. The Morgan fingerprint density at radius 2 is 2.27 bits per heavy atom. The molecule has 0 saturated carbocycles. The van der Waals surface area contributed by atoms with Crippen LogP contribution in [0.5, 0.6) is 0 Å². The molecule has 2 atom stereocenters. The molecule has 0 bridgehead atoms. The monoisotopic (exact) mass is 308 g/mol. The fraction of sp³-hybridized carbons (Fsp3) is 0.500. The molecule has 0 spiro atoms. The van der Waals surface area contributed by atoms with Crippen LogP contribution in [0.15, 0.2) is 24.3 Å². The lowest BCUT2D eigenvalue weighted by Gasteiger charge is -2.17. The van der Waals surface area contributed by atoms with Gasteiger partial charge in [-0.05, 0) is 56.3 Å². The highest BCUT2D eigenvalue weighted by Gasteiger charge is 2.26. The predicted octanol–water partition coefficient (Wildman–Crippen LogP) is 1.47. The Morgan fingerprint density at radius 3 is 2.91 bits per heavy atom. The summed E-state index contributed by atoms with van der Waals surface area (Å²) in [6.07, 6.45) is 3.14. The number of aliphatic carboxylic acids is 1. The molecule has 1 saturated heterocycles. The molecule has 1 aromatic carbocycles. The van der Waals surface area contributed by atoms with E-state index in [0.29, 0.717) is 19.3 Å². The Labute approximate surface area is 128 Å². The van der Waals surface area contributed by atoms with E-state index in [4.69, 9.17) is 0 Å². The summed E-state index contributed by atoms with van der Waals surface area (Å²) in [5.41, 5.74) is 0.827. The van der Waals surface area contributed by atoms with E-state index in [1.807, 2.05) is 0 Å². The van der Waals surface area contributed by atoms with Gasteiger partial charge in [-0.2, -0.15) is 0 Å². The maximum absolute atomic E-state index is 13.1. The summed E-state index contributed by atoms with van der Waals surface area (Å²) in [5, 5.41) is 14.8. The van der Waals surface area contributed by atoms with Crippen LogP contribution in [0.25, 0.3) is 0 Å². The molecule has 6 heteroatoms. The van der Waals surface area contributed by atoms with Crippen LogP contribution in [0, 0.1) is 5.82 Å². The molecule has 3 N–H and O–H groups in total. The standard InChI is InChI=1S/C16H21FN2O3/c17-12-6-1-4-11(10-12)5-2-7-14(16(21)22)19-15(20)13-8-3-9-18-13/h1,4,6,10,13-14,18H,2-3,5,7-9H2,(H,19,20)(H,21,22)/t13-,14?/m0/s1. The molecule has 1 heterocycles. The van der Waals surface area contributed by atoms with Gasteiger partial charge in [-0.1, -0.05) is 12.1 Å². The van der Waals surface area contributed by atoms with Crippen molar-refractivity contribution >= 4 is 11.9 Å². The third kappa shape index (κ3) is 4.80. The second-order valence-electron chi connectivity index (χ2n) is 5.57. The zero-order valence-electron chi connectivity index (χ0n) is 12.3. The van der Waals surface area contributed by atoms with Gasteiger partial charge in [0, 0.05) is 0 Å². The summed E-state index contributed by atoms with van der Waals surface area (Å²) in [6.45, 7) is 0.787. The number of halogens is 1. The molecule has 1 aromatic rings. The van der Waals surface area contributed by atoms with Crippen molar-refractivity contribution in [2.45, 2.75) is 44.2 Å². The average molecular weight is 308 g/mol. The number of rotatable bonds is 7. The van der Waals surface area contributed by atoms with E-state index in [2.05, 4.69) is 10.6 Å². The van der Waals surface area contributed by atoms with Crippen LogP contribution in [-0.4, -0.2) is 35.6 Å². The first kappa shape index (κ1) is 16.4. The zero-order valence-corrected chi connectivity index (χ0v) is 12.3. The first-order chi connectivity index (χ1) is 10.6. The molecule has 22 heavy (non-hydrogen) atoms. The Kier molecular flexibility index (Phi) is 5.89. The van der Waals surface area contributed by atoms with Gasteiger partial charge in [0.1, 0.15) is 11.9 Å². The number of hydrogen-bond acceptors (Lipinski definition) is 3. The Hall–Kier alpha value is -1.95. The number of carboxylic acid groups (broad SMARTS) is 1. The second kappa shape index (κ2) is 7.89. The minimum Gasteiger partial charge on any atom is -0.480 e. The van der Waals surface area contributed by atoms with Crippen LogP contribution < -0.4 is 10.6 Å². The number of carboxylic acids is 1. The first-order valence-corrected chi connectivity index (χ1v) is 7.57. The van der Waals surface area contributed by atoms with Gasteiger partial charge in [-0.15, -0.1) is 0 Å². The first-order valence-electron chi connectivity index (χ1n) is 7.57. The molecule has 120 valence electrons. The third-order valence-corrected chi connectivity index (χ3v) is 3.84. The lowest BCUT2D eigenvalue weighted by molar-refractivity contribution is -0.142. The number of carbonyl (C=O) groups is 2. The van der Waals surface area contributed by atoms with E-state index < -0.39 is 12.0 Å². The molecule has 1 amide bonds. The summed E-state index contributed by atoms with van der Waals surface area (Å²) < 4.78 is 13.1. The number of carbonyl (C=O) groups excluding carboxylic acids is 1. The van der Waals surface area contributed by atoms with Crippen molar-refractivity contribution in [3.8, 4) is 0 Å². The fourth-order valence-electron chi connectivity index (χ4n) is 2.64. The van der Waals surface area contributed by atoms with Crippen molar-refractivity contribution in [2.24, 2.45) is 0 Å². The smallest absolute Gasteiger partial charge is 0.326 e. The Balaban J connectivity index is 1.81. The highest BCUT2D eigenvalue weighted by Crippen LogP contribution is 2.10. The molecule has 0 radical (unpaired) electrons. The van der Waals surface area contributed by atoms with Crippen LogP contribution in [0.1, 0.15) is 31.2 Å². The lowest BCUT2D eigenvalue weighted by atomic mass is 10.0. The molecule has 1 unspecified atom stereocenters. The largest absolute Gasteiger partial charge is 0.480 e. The van der Waals surface area contributed by atoms with Gasteiger partial charge in [0.2, 0.25) is 5.91 Å². The topological polar surface area (TPSA) is 78.4 Å². The van der Waals surface area contributed by atoms with Crippen LogP contribution in [-0.2, 0) is 16.0 Å². The molecule has 2 rings (SSSR count). The van der Waals surface area contributed by atoms with E-state index in [1.54, 1.807) is 12.1 Å². The van der Waals surface area contributed by atoms with E-state index >= 15 is 0 Å². The van der Waals surface area contributed by atoms with Gasteiger partial charge in [-0.3, -0.25) is 4.79 Å². The van der Waals surface area contributed by atoms with Crippen LogP contribution in [0.2, 0.25) is 0 Å². The fourth-order valence-corrected chi connectivity index (χ4v) is 2.64. The molecule has 1 aliphatic rings. The van der Waals surface area contributed by atoms with Gasteiger partial charge in [0.25, 0.3) is 0 Å². The summed E-state index contributed by atoms with van der Waals surface area (Å²) in [7, 11) is 0. The number of aryl methyl sites for hydroxylation is 1. The van der Waals surface area contributed by atoms with Crippen molar-refractivity contribution in [1.82, 2.24) is 10.6 Å². The van der Waals surface area contributed by atoms with Crippen LogP contribution in [0.4, 0.5) is 4.39 Å². The van der Waals surface area contributed by atoms with Crippen molar-refractivity contribution in [2.75, 3.05) is 6.54 Å². The summed E-state index contributed by atoms with van der Waals surface area (Å²) in [5.74, 6) is -1.59. The zero-order chi connectivity index (χ0) is 15.9. The van der Waals surface area contributed by atoms with E-state index in [0.717, 1.165) is 24.9 Å². The predicted molar refractivity (Wildman–Crippen MR) is 79.9 cm³/mol. The lowest BCUT2D eigenvalue weighted by Crippen LogP contribution is -2.48. The van der Waals surface area contributed by atoms with Crippen molar-refractivity contribution in [3.63, 3.8) is 0 Å². The normalized spacial score (nSPS) is 18.9. The van der Waals surface area contributed by atoms with E-state index in [-0.39, 0.29) is 17.8 Å². The average Bonchev–Trinajstić information content (AvgIpc) is 3.00. The van der Waals surface area contributed by atoms with Gasteiger partial charge in [0.15, 0.2) is 0 Å². The highest BCUT2D eigenvalue weighted by atomic mass is 19.1. The number of hydrogen-bond donors (Lipinski definition) is 3. The maximum atomic E-state index is 13.1.